The van der Waals surface area contributed by atoms with Crippen LogP contribution in [0.15, 0.2) is 67.0 Å². The van der Waals surface area contributed by atoms with E-state index in [1.54, 1.807) is 36.5 Å². The van der Waals surface area contributed by atoms with Crippen LogP contribution in [-0.4, -0.2) is 47.0 Å². The van der Waals surface area contributed by atoms with Gasteiger partial charge in [-0.1, -0.05) is 31.5 Å². The number of nitrogens with two attached hydrogens (primary N) is 2. The van der Waals surface area contributed by atoms with Crippen LogP contribution in [0.5, 0.6) is 11.5 Å². The number of benzene rings is 2. The summed E-state index contributed by atoms with van der Waals surface area (Å²) in [5.74, 6) is -0.938. The van der Waals surface area contributed by atoms with Crippen molar-refractivity contribution in [3.8, 4) is 34.0 Å². The molecule has 0 saturated carbocycles. The largest absolute Gasteiger partial charge is 0.483 e. The highest BCUT2D eigenvalue weighted by atomic mass is 19.1. The lowest BCUT2D eigenvalue weighted by atomic mass is 10.0. The van der Waals surface area contributed by atoms with E-state index in [-0.39, 0.29) is 24.5 Å². The third kappa shape index (κ3) is 10.5. The number of carbonyl (C=O) groups is 3. The molecule has 12 heteroatoms. The number of hydrogen-bond acceptors (Lipinski definition) is 6. The normalized spacial score (nSPS) is 9.41. The monoisotopic (exact) mass is 569 g/mol. The number of ether oxygens (including phenoxy) is 1. The fraction of sp³-hybridized carbons (Fsp3) is 0.172. The van der Waals surface area contributed by atoms with Crippen molar-refractivity contribution in [3.05, 3.63) is 89.8 Å². The van der Waals surface area contributed by atoms with E-state index in [4.69, 9.17) is 25.2 Å². The van der Waals surface area contributed by atoms with Gasteiger partial charge in [-0.25, -0.2) is 8.78 Å². The quantitative estimate of drug-likeness (QED) is 0.202. The number of pyridine rings is 1. The van der Waals surface area contributed by atoms with Crippen molar-refractivity contribution in [2.24, 2.45) is 11.5 Å². The molecule has 0 bridgehead atoms. The number of carbonyl (C=O) groups excluding carboxylic acids is 2. The molecule has 2 aromatic carbocycles. The highest BCUT2D eigenvalue weighted by Gasteiger charge is 2.13. The van der Waals surface area contributed by atoms with E-state index in [2.05, 4.69) is 21.0 Å². The molecule has 4 rings (SSSR count). The Bertz CT molecular complexity index is 1410. The molecular formula is C29H33F2N5O5. The minimum absolute atomic E-state index is 0.0427. The van der Waals surface area contributed by atoms with Crippen molar-refractivity contribution in [1.29, 1.82) is 0 Å². The van der Waals surface area contributed by atoms with Gasteiger partial charge in [-0.2, -0.15) is 0 Å². The van der Waals surface area contributed by atoms with Crippen molar-refractivity contribution in [3.63, 3.8) is 0 Å². The van der Waals surface area contributed by atoms with Crippen LogP contribution >= 0.6 is 0 Å². The molecule has 2 aromatic heterocycles. The number of aromatic nitrogens is 2. The molecule has 0 fully saturated rings. The van der Waals surface area contributed by atoms with E-state index < -0.39 is 11.6 Å². The zero-order valence-corrected chi connectivity index (χ0v) is 22.9. The second-order valence-corrected chi connectivity index (χ2v) is 7.70. The molecule has 10 nitrogen and oxygen atoms in total. The third-order valence-electron chi connectivity index (χ3n) is 4.97. The number of aromatic amines is 1. The predicted molar refractivity (Wildman–Crippen MR) is 152 cm³/mol. The number of H-pyrrole nitrogens is 1. The number of primary amides is 1. The molecule has 0 atom stereocenters. The molecule has 4 aromatic rings. The van der Waals surface area contributed by atoms with Gasteiger partial charge in [0.25, 0.3) is 12.4 Å². The van der Waals surface area contributed by atoms with Crippen LogP contribution in [-0.2, 0) is 9.59 Å². The third-order valence-corrected chi connectivity index (χ3v) is 4.97. The smallest absolute Gasteiger partial charge is 0.290 e. The Morgan fingerprint density at radius 2 is 1.73 bits per heavy atom. The first kappa shape index (κ1) is 33.9. The molecule has 0 unspecified atom stereocenters. The Kier molecular flexibility index (Phi) is 15.1. The summed E-state index contributed by atoms with van der Waals surface area (Å²) in [5, 5.41) is 9.58. The minimum atomic E-state index is -0.580. The van der Waals surface area contributed by atoms with Crippen LogP contribution in [0.4, 0.5) is 8.78 Å². The number of amides is 2. The van der Waals surface area contributed by atoms with Gasteiger partial charge >= 0.3 is 0 Å². The highest BCUT2D eigenvalue weighted by molar-refractivity contribution is 5.95. The number of halogens is 2. The predicted octanol–water partition coefficient (Wildman–Crippen LogP) is 4.64. The lowest BCUT2D eigenvalue weighted by Crippen LogP contribution is -2.28. The number of carboxylic acid groups (broad SMARTS) is 1. The molecule has 41 heavy (non-hydrogen) atoms. The molecule has 2 heterocycles. The van der Waals surface area contributed by atoms with Gasteiger partial charge in [-0.15, -0.1) is 0 Å². The standard InChI is InChI=1S/C25H22F2N4O2.C2H6.CH3NO.CH2O2/c1-15-2-4-20(26)19(10-15)16-3-5-21(27)24(12-16)33-18-6-8-29-23(13-18)22-11-17(14-31-22)25(32)30-9-7-28;1-2;2*2-1-3/h2-6,8,10-14,31H,7,9,28H2,1H3,(H,30,32);1-2H3;1H,(H2,2,3);1H,(H,2,3). The average molecular weight is 570 g/mol. The van der Waals surface area contributed by atoms with Gasteiger partial charge in [0.05, 0.1) is 17.0 Å². The molecule has 0 radical (unpaired) electrons. The summed E-state index contributed by atoms with van der Waals surface area (Å²) in [6, 6.07) is 13.8. The molecule has 0 spiro atoms. The number of aryl methyl sites for hydroxylation is 1. The SMILES string of the molecule is CC.Cc1ccc(F)c(-c2ccc(F)c(Oc3ccnc(-c4cc(C(=O)NCCN)c[nH]4)c3)c2)c1.NC=O.O=CO. The first-order valence-corrected chi connectivity index (χ1v) is 12.4. The second kappa shape index (κ2) is 18.2. The van der Waals surface area contributed by atoms with Crippen molar-refractivity contribution in [2.45, 2.75) is 20.8 Å². The van der Waals surface area contributed by atoms with E-state index >= 15 is 0 Å². The Hall–Kier alpha value is -5.10. The van der Waals surface area contributed by atoms with Crippen LogP contribution in [0.3, 0.4) is 0 Å². The van der Waals surface area contributed by atoms with Gasteiger partial charge in [0.1, 0.15) is 11.6 Å². The maximum Gasteiger partial charge on any atom is 0.290 e. The summed E-state index contributed by atoms with van der Waals surface area (Å²) >= 11 is 0. The van der Waals surface area contributed by atoms with Crippen LogP contribution in [0.2, 0.25) is 0 Å². The van der Waals surface area contributed by atoms with E-state index in [1.165, 1.54) is 30.5 Å². The number of nitrogens with zero attached hydrogens (tertiary/aromatic N) is 1. The first-order valence-electron chi connectivity index (χ1n) is 12.4. The molecule has 0 saturated heterocycles. The van der Waals surface area contributed by atoms with E-state index in [1.807, 2.05) is 20.8 Å². The van der Waals surface area contributed by atoms with Gasteiger partial charge in [0, 0.05) is 37.1 Å². The molecule has 0 aliphatic rings. The summed E-state index contributed by atoms with van der Waals surface area (Å²) in [6.07, 6.45) is 3.33. The van der Waals surface area contributed by atoms with Crippen LogP contribution < -0.4 is 21.5 Å². The van der Waals surface area contributed by atoms with Crippen molar-refractivity contribution >= 4 is 18.8 Å². The summed E-state index contributed by atoms with van der Waals surface area (Å²) in [6.45, 7) is 6.33. The van der Waals surface area contributed by atoms with Gasteiger partial charge in [-0.05, 0) is 48.9 Å². The number of rotatable bonds is 7. The maximum absolute atomic E-state index is 14.5. The van der Waals surface area contributed by atoms with Gasteiger partial charge in [0.2, 0.25) is 6.41 Å². The molecule has 7 N–H and O–H groups in total. The summed E-state index contributed by atoms with van der Waals surface area (Å²) in [4.78, 5) is 36.3. The topological polar surface area (TPSA) is 173 Å². The number of nitrogens with one attached hydrogen (secondary N) is 2. The van der Waals surface area contributed by atoms with Gasteiger partial charge in [0.15, 0.2) is 11.6 Å². The maximum atomic E-state index is 14.5. The highest BCUT2D eigenvalue weighted by Crippen LogP contribution is 2.32. The molecule has 0 aliphatic heterocycles. The Labute approximate surface area is 236 Å². The summed E-state index contributed by atoms with van der Waals surface area (Å²) in [5.41, 5.74) is 12.9. The lowest BCUT2D eigenvalue weighted by molar-refractivity contribution is -0.122. The lowest BCUT2D eigenvalue weighted by Gasteiger charge is -2.11. The number of hydrogen-bond donors (Lipinski definition) is 5. The zero-order valence-electron chi connectivity index (χ0n) is 22.9. The first-order chi connectivity index (χ1) is 19.8. The fourth-order valence-corrected chi connectivity index (χ4v) is 3.32. The summed E-state index contributed by atoms with van der Waals surface area (Å²) in [7, 11) is 0. The fourth-order valence-electron chi connectivity index (χ4n) is 3.32. The molecule has 2 amide bonds. The Balaban J connectivity index is 0.000000949. The van der Waals surface area contributed by atoms with Crippen molar-refractivity contribution < 1.29 is 33.0 Å². The van der Waals surface area contributed by atoms with E-state index in [0.717, 1.165) is 5.56 Å². The van der Waals surface area contributed by atoms with E-state index in [0.29, 0.717) is 46.9 Å². The molecular weight excluding hydrogens is 536 g/mol. The van der Waals surface area contributed by atoms with Gasteiger partial charge < -0.3 is 31.6 Å². The second-order valence-electron chi connectivity index (χ2n) is 7.70. The molecule has 218 valence electrons. The zero-order chi connectivity index (χ0) is 30.8. The van der Waals surface area contributed by atoms with E-state index in [9.17, 15) is 13.6 Å². The van der Waals surface area contributed by atoms with Crippen LogP contribution in [0.1, 0.15) is 29.8 Å². The van der Waals surface area contributed by atoms with Crippen molar-refractivity contribution in [1.82, 2.24) is 15.3 Å². The minimum Gasteiger partial charge on any atom is -0.483 e. The summed E-state index contributed by atoms with van der Waals surface area (Å²) < 4.78 is 34.5. The van der Waals surface area contributed by atoms with Crippen LogP contribution in [0.25, 0.3) is 22.5 Å². The molecule has 0 aliphatic carbocycles. The van der Waals surface area contributed by atoms with Crippen molar-refractivity contribution in [2.75, 3.05) is 13.1 Å². The van der Waals surface area contributed by atoms with Crippen LogP contribution in [0, 0.1) is 18.6 Å². The van der Waals surface area contributed by atoms with Gasteiger partial charge in [-0.3, -0.25) is 19.4 Å². The Morgan fingerprint density at radius 1 is 1.07 bits per heavy atom. The average Bonchev–Trinajstić information content (AvgIpc) is 3.47. The Morgan fingerprint density at radius 3 is 2.39 bits per heavy atom.